The molecule has 0 spiro atoms. The maximum Gasteiger partial charge on any atom is 0.255 e. The second kappa shape index (κ2) is 11.5. The predicted octanol–water partition coefficient (Wildman–Crippen LogP) is 3.68. The fraction of sp³-hybridized carbons (Fsp3) is 0.632. The monoisotopic (exact) mass is 418 g/mol. The largest absolute Gasteiger partial charge is 0.507 e. The van der Waals surface area contributed by atoms with Crippen LogP contribution in [0.5, 0.6) is 5.75 Å². The number of sulfonamides is 1. The molecule has 27 heavy (non-hydrogen) atoms. The number of benzene rings is 1. The topological polar surface area (TPSA) is 109 Å². The molecule has 0 saturated heterocycles. The Morgan fingerprint density at radius 2 is 1.89 bits per heavy atom. The number of carbonyl (C=O) groups excluding carboxylic acids is 1. The van der Waals surface area contributed by atoms with Crippen molar-refractivity contribution in [3.63, 3.8) is 0 Å². The molecule has 0 aromatic heterocycles. The number of nitrogens with two attached hydrogens (primary N) is 1. The molecule has 1 aromatic rings. The molecule has 3 rings (SSSR count). The number of phenolic OH excluding ortho intramolecular Hbond substituents is 1. The average Bonchev–Trinajstić information content (AvgIpc) is 3.28. The molecule has 0 heterocycles. The molecule has 2 saturated carbocycles. The van der Waals surface area contributed by atoms with Crippen LogP contribution in [0.1, 0.15) is 62.7 Å². The van der Waals surface area contributed by atoms with E-state index in [9.17, 15) is 18.3 Å². The number of phenols is 1. The molecule has 154 valence electrons. The van der Waals surface area contributed by atoms with Crippen LogP contribution >= 0.6 is 11.6 Å². The van der Waals surface area contributed by atoms with Gasteiger partial charge < -0.3 is 10.4 Å². The maximum absolute atomic E-state index is 11.7. The van der Waals surface area contributed by atoms with E-state index in [1.807, 2.05) is 0 Å². The third kappa shape index (κ3) is 11.2. The van der Waals surface area contributed by atoms with Gasteiger partial charge in [0, 0.05) is 11.6 Å². The van der Waals surface area contributed by atoms with Crippen LogP contribution < -0.4 is 10.5 Å². The summed E-state index contributed by atoms with van der Waals surface area (Å²) < 4.78 is 20.0. The van der Waals surface area contributed by atoms with E-state index in [1.165, 1.54) is 44.2 Å². The summed E-state index contributed by atoms with van der Waals surface area (Å²) >= 11 is 5.69. The molecule has 2 fully saturated rings. The summed E-state index contributed by atoms with van der Waals surface area (Å²) in [6, 6.07) is 4.51. The molecule has 1 amide bonds. The number of hydrogen-bond donors (Lipinski definition) is 3. The van der Waals surface area contributed by atoms with E-state index in [-0.39, 0.29) is 23.0 Å². The van der Waals surface area contributed by atoms with Crippen LogP contribution in [-0.2, 0) is 10.0 Å². The highest BCUT2D eigenvalue weighted by atomic mass is 35.5. The zero-order valence-electron chi connectivity index (χ0n) is 16.1. The number of rotatable bonds is 5. The molecule has 0 atom stereocenters. The van der Waals surface area contributed by atoms with Gasteiger partial charge in [-0.2, -0.15) is 0 Å². The van der Waals surface area contributed by atoms with Crippen LogP contribution in [0.3, 0.4) is 0 Å². The zero-order valence-corrected chi connectivity index (χ0v) is 17.7. The molecular formula is C19H31ClN2O4S. The predicted molar refractivity (Wildman–Crippen MR) is 109 cm³/mol. The molecule has 0 radical (unpaired) electrons. The smallest absolute Gasteiger partial charge is 0.255 e. The number of carbonyl (C=O) groups is 1. The number of hydrogen-bond acceptors (Lipinski definition) is 4. The lowest BCUT2D eigenvalue weighted by atomic mass is 9.85. The summed E-state index contributed by atoms with van der Waals surface area (Å²) in [6.45, 7) is 4.74. The van der Waals surface area contributed by atoms with Crippen LogP contribution in [0.4, 0.5) is 0 Å². The van der Waals surface area contributed by atoms with E-state index in [0.29, 0.717) is 23.9 Å². The van der Waals surface area contributed by atoms with Gasteiger partial charge in [-0.1, -0.05) is 44.7 Å². The molecule has 8 heteroatoms. The van der Waals surface area contributed by atoms with Crippen LogP contribution in [0.2, 0.25) is 5.02 Å². The van der Waals surface area contributed by atoms with Crippen molar-refractivity contribution in [3.8, 4) is 5.75 Å². The van der Waals surface area contributed by atoms with Gasteiger partial charge in [0.25, 0.3) is 5.91 Å². The van der Waals surface area contributed by atoms with Gasteiger partial charge in [0.2, 0.25) is 10.0 Å². The van der Waals surface area contributed by atoms with E-state index in [4.69, 9.17) is 11.6 Å². The van der Waals surface area contributed by atoms with Gasteiger partial charge in [-0.25, -0.2) is 13.6 Å². The van der Waals surface area contributed by atoms with Gasteiger partial charge in [-0.3, -0.25) is 4.79 Å². The van der Waals surface area contributed by atoms with Crippen LogP contribution in [0, 0.1) is 11.8 Å². The van der Waals surface area contributed by atoms with Gasteiger partial charge in [0.05, 0.1) is 11.3 Å². The minimum atomic E-state index is -3.17. The Balaban J connectivity index is 0.000000273. The summed E-state index contributed by atoms with van der Waals surface area (Å²) in [6.07, 6.45) is 7.20. The standard InChI is InChI=1S/C12H14ClNO2.C4H8.C3H9NO2S/c13-9-4-5-10(11(15)6-9)12(16)14-7-8-2-1-3-8;1-4-2-3-4;1-2-3-7(4,5)6/h4-6,8,15H,1-3,7H2,(H,14,16);4H,2-3H2,1H3;2-3H2,1H3,(H2,4,5,6). The summed E-state index contributed by atoms with van der Waals surface area (Å²) in [7, 11) is -3.17. The van der Waals surface area contributed by atoms with Crippen molar-refractivity contribution in [2.75, 3.05) is 12.3 Å². The van der Waals surface area contributed by atoms with Crippen molar-refractivity contribution in [1.29, 1.82) is 0 Å². The first kappa shape index (κ1) is 23.7. The lowest BCUT2D eigenvalue weighted by molar-refractivity contribution is 0.0936. The Hall–Kier alpha value is -1.31. The third-order valence-electron chi connectivity index (χ3n) is 4.34. The summed E-state index contributed by atoms with van der Waals surface area (Å²) in [5, 5.41) is 17.4. The Kier molecular flexibility index (Phi) is 10.1. The van der Waals surface area contributed by atoms with Crippen molar-refractivity contribution in [1.82, 2.24) is 5.32 Å². The lowest BCUT2D eigenvalue weighted by Crippen LogP contribution is -2.32. The molecule has 0 unspecified atom stereocenters. The fourth-order valence-corrected chi connectivity index (χ4v) is 2.91. The number of amides is 1. The highest BCUT2D eigenvalue weighted by Crippen LogP contribution is 2.27. The Morgan fingerprint density at radius 1 is 1.30 bits per heavy atom. The normalized spacial score (nSPS) is 16.1. The molecule has 0 aliphatic heterocycles. The minimum Gasteiger partial charge on any atom is -0.507 e. The van der Waals surface area contributed by atoms with E-state index in [0.717, 1.165) is 5.92 Å². The second-order valence-corrected chi connectivity index (χ2v) is 9.39. The first-order chi connectivity index (χ1) is 12.6. The molecule has 6 nitrogen and oxygen atoms in total. The first-order valence-electron chi connectivity index (χ1n) is 9.39. The van der Waals surface area contributed by atoms with E-state index in [1.54, 1.807) is 13.0 Å². The minimum absolute atomic E-state index is 0.0707. The van der Waals surface area contributed by atoms with Gasteiger partial charge in [0.15, 0.2) is 0 Å². The van der Waals surface area contributed by atoms with E-state index < -0.39 is 10.0 Å². The second-order valence-electron chi connectivity index (χ2n) is 7.22. The van der Waals surface area contributed by atoms with Gasteiger partial charge >= 0.3 is 0 Å². The van der Waals surface area contributed by atoms with E-state index >= 15 is 0 Å². The van der Waals surface area contributed by atoms with E-state index in [2.05, 4.69) is 17.4 Å². The SMILES string of the molecule is CC1CC1.CCCS(N)(=O)=O.O=C(NCC1CCC1)c1ccc(Cl)cc1O. The summed E-state index contributed by atoms with van der Waals surface area (Å²) in [5.41, 5.74) is 0.281. The van der Waals surface area contributed by atoms with Crippen molar-refractivity contribution in [3.05, 3.63) is 28.8 Å². The fourth-order valence-electron chi connectivity index (χ4n) is 2.18. The van der Waals surface area contributed by atoms with Gasteiger partial charge in [-0.15, -0.1) is 0 Å². The maximum atomic E-state index is 11.7. The number of nitrogens with one attached hydrogen (secondary N) is 1. The van der Waals surface area contributed by atoms with Crippen molar-refractivity contribution in [2.45, 2.75) is 52.4 Å². The third-order valence-corrected chi connectivity index (χ3v) is 5.55. The van der Waals surface area contributed by atoms with Crippen molar-refractivity contribution < 1.29 is 18.3 Å². The van der Waals surface area contributed by atoms with Crippen LogP contribution in [0.15, 0.2) is 18.2 Å². The highest BCUT2D eigenvalue weighted by molar-refractivity contribution is 7.89. The quantitative estimate of drug-likeness (QED) is 0.677. The highest BCUT2D eigenvalue weighted by Gasteiger charge is 2.19. The van der Waals surface area contributed by atoms with Crippen molar-refractivity contribution in [2.24, 2.45) is 17.0 Å². The van der Waals surface area contributed by atoms with Gasteiger partial charge in [-0.05, 0) is 49.3 Å². The molecule has 0 bridgehead atoms. The Bertz CT molecular complexity index is 702. The molecular weight excluding hydrogens is 388 g/mol. The number of primary sulfonamides is 1. The number of halogens is 1. The zero-order chi connectivity index (χ0) is 20.4. The van der Waals surface area contributed by atoms with Crippen molar-refractivity contribution >= 4 is 27.5 Å². The summed E-state index contributed by atoms with van der Waals surface area (Å²) in [4.78, 5) is 11.7. The first-order valence-corrected chi connectivity index (χ1v) is 11.5. The van der Waals surface area contributed by atoms with Crippen LogP contribution in [-0.4, -0.2) is 31.7 Å². The number of aromatic hydroxyl groups is 1. The molecule has 4 N–H and O–H groups in total. The molecule has 2 aliphatic rings. The lowest BCUT2D eigenvalue weighted by Gasteiger charge is -2.25. The van der Waals surface area contributed by atoms with Crippen LogP contribution in [0.25, 0.3) is 0 Å². The summed E-state index contributed by atoms with van der Waals surface area (Å²) in [5.74, 6) is 1.48. The molecule has 2 aliphatic carbocycles. The van der Waals surface area contributed by atoms with Gasteiger partial charge in [0.1, 0.15) is 5.75 Å². The Morgan fingerprint density at radius 3 is 2.22 bits per heavy atom. The Labute approximate surface area is 167 Å². The molecule has 1 aromatic carbocycles. The average molecular weight is 419 g/mol.